The van der Waals surface area contributed by atoms with Crippen LogP contribution in [-0.4, -0.2) is 42.4 Å². The molecule has 1 heterocycles. The van der Waals surface area contributed by atoms with Crippen LogP contribution in [0.5, 0.6) is 0 Å². The molecule has 0 fully saturated rings. The third kappa shape index (κ3) is 5.21. The molecule has 0 amide bonds. The van der Waals surface area contributed by atoms with E-state index in [9.17, 15) is 4.79 Å². The van der Waals surface area contributed by atoms with Crippen LogP contribution in [-0.2, 0) is 0 Å². The van der Waals surface area contributed by atoms with E-state index < -0.39 is 0 Å². The number of aromatic nitrogens is 1. The summed E-state index contributed by atoms with van der Waals surface area (Å²) in [5.41, 5.74) is 4.24. The second kappa shape index (κ2) is 9.85. The molecule has 0 spiro atoms. The third-order valence-corrected chi connectivity index (χ3v) is 4.91. The van der Waals surface area contributed by atoms with Gasteiger partial charge in [0.25, 0.3) is 5.56 Å². The average Bonchev–Trinajstić information content (AvgIpc) is 2.75. The van der Waals surface area contributed by atoms with Gasteiger partial charge in [-0.05, 0) is 55.4 Å². The Labute approximate surface area is 172 Å². The Hall–Kier alpha value is -3.18. The van der Waals surface area contributed by atoms with Crippen molar-refractivity contribution in [2.24, 2.45) is 0 Å². The predicted molar refractivity (Wildman–Crippen MR) is 122 cm³/mol. The van der Waals surface area contributed by atoms with Gasteiger partial charge < -0.3 is 15.6 Å². The summed E-state index contributed by atoms with van der Waals surface area (Å²) in [6, 6.07) is 19.2. The molecule has 3 aromatic rings. The molecule has 3 rings (SSSR count). The smallest absolute Gasteiger partial charge is 0.255 e. The van der Waals surface area contributed by atoms with Gasteiger partial charge >= 0.3 is 0 Å². The summed E-state index contributed by atoms with van der Waals surface area (Å²) in [7, 11) is 2.11. The topological polar surface area (TPSA) is 61.1 Å². The van der Waals surface area contributed by atoms with Gasteiger partial charge in [0.15, 0.2) is 0 Å². The van der Waals surface area contributed by atoms with E-state index in [0.717, 1.165) is 54.1 Å². The Bertz CT molecular complexity index is 1010. The van der Waals surface area contributed by atoms with Gasteiger partial charge in [0, 0.05) is 48.5 Å². The van der Waals surface area contributed by atoms with Crippen molar-refractivity contribution in [3.8, 4) is 16.8 Å². The normalized spacial score (nSPS) is 10.9. The highest BCUT2D eigenvalue weighted by Crippen LogP contribution is 2.20. The Morgan fingerprint density at radius 3 is 2.52 bits per heavy atom. The van der Waals surface area contributed by atoms with E-state index in [2.05, 4.69) is 24.2 Å². The van der Waals surface area contributed by atoms with Gasteiger partial charge in [-0.3, -0.25) is 9.36 Å². The summed E-state index contributed by atoms with van der Waals surface area (Å²) < 4.78 is 1.61. The summed E-state index contributed by atoms with van der Waals surface area (Å²) in [5.74, 6) is 0. The van der Waals surface area contributed by atoms with Crippen molar-refractivity contribution in [2.45, 2.75) is 13.3 Å². The molecule has 0 aliphatic heterocycles. The molecule has 0 radical (unpaired) electrons. The van der Waals surface area contributed by atoms with Crippen molar-refractivity contribution < 1.29 is 0 Å². The quantitative estimate of drug-likeness (QED) is 0.539. The molecule has 5 heteroatoms. The largest absolute Gasteiger partial charge is 0.383 e. The number of anilines is 1. The minimum atomic E-state index is -0.0933. The predicted octanol–water partition coefficient (Wildman–Crippen LogP) is 4.26. The number of pyridine rings is 1. The molecule has 0 unspecified atom stereocenters. The highest BCUT2D eigenvalue weighted by molar-refractivity contribution is 5.86. The maximum atomic E-state index is 12.7. The van der Waals surface area contributed by atoms with Gasteiger partial charge in [-0.25, -0.2) is 0 Å². The fraction of sp³-hybridized carbons (Fsp3) is 0.250. The zero-order valence-corrected chi connectivity index (χ0v) is 17.1. The maximum absolute atomic E-state index is 12.7. The van der Waals surface area contributed by atoms with E-state index in [1.807, 2.05) is 54.6 Å². The average molecular weight is 389 g/mol. The molecule has 0 saturated heterocycles. The first-order valence-electron chi connectivity index (χ1n) is 9.98. The van der Waals surface area contributed by atoms with Crippen molar-refractivity contribution in [1.29, 1.82) is 5.41 Å². The van der Waals surface area contributed by atoms with Crippen LogP contribution in [0.3, 0.4) is 0 Å². The van der Waals surface area contributed by atoms with Crippen LogP contribution in [0.1, 0.15) is 18.9 Å². The van der Waals surface area contributed by atoms with E-state index in [1.54, 1.807) is 16.8 Å². The molecule has 0 aliphatic rings. The third-order valence-electron chi connectivity index (χ3n) is 4.91. The molecule has 2 N–H and O–H groups in total. The molecular weight excluding hydrogens is 360 g/mol. The number of nitrogens with zero attached hydrogens (tertiary/aromatic N) is 2. The van der Waals surface area contributed by atoms with Crippen molar-refractivity contribution in [2.75, 3.05) is 32.0 Å². The second-order valence-electron chi connectivity index (χ2n) is 7.14. The highest BCUT2D eigenvalue weighted by atomic mass is 16.1. The van der Waals surface area contributed by atoms with Gasteiger partial charge in [-0.1, -0.05) is 37.3 Å². The van der Waals surface area contributed by atoms with Gasteiger partial charge in [-0.2, -0.15) is 0 Å². The van der Waals surface area contributed by atoms with Crippen molar-refractivity contribution >= 4 is 11.9 Å². The fourth-order valence-corrected chi connectivity index (χ4v) is 3.36. The van der Waals surface area contributed by atoms with E-state index in [0.29, 0.717) is 0 Å². The lowest BCUT2D eigenvalue weighted by Gasteiger charge is -2.17. The van der Waals surface area contributed by atoms with Crippen molar-refractivity contribution in [3.63, 3.8) is 0 Å². The molecule has 0 atom stereocenters. The molecule has 1 aromatic heterocycles. The summed E-state index contributed by atoms with van der Waals surface area (Å²) >= 11 is 0. The number of hydrogen-bond donors (Lipinski definition) is 2. The summed E-state index contributed by atoms with van der Waals surface area (Å²) in [6.07, 6.45) is 4.25. The summed E-state index contributed by atoms with van der Waals surface area (Å²) in [5, 5.41) is 11.2. The molecule has 150 valence electrons. The van der Waals surface area contributed by atoms with Crippen LogP contribution in [0, 0.1) is 5.41 Å². The minimum Gasteiger partial charge on any atom is -0.383 e. The first kappa shape index (κ1) is 20.6. The minimum absolute atomic E-state index is 0.0933. The first-order valence-corrected chi connectivity index (χ1v) is 9.98. The van der Waals surface area contributed by atoms with Crippen molar-refractivity contribution in [1.82, 2.24) is 9.47 Å². The zero-order chi connectivity index (χ0) is 20.6. The zero-order valence-electron chi connectivity index (χ0n) is 17.1. The van der Waals surface area contributed by atoms with Crippen LogP contribution in [0.2, 0.25) is 0 Å². The molecule has 0 bridgehead atoms. The van der Waals surface area contributed by atoms with Crippen LogP contribution in [0.4, 0.5) is 5.69 Å². The monoisotopic (exact) mass is 388 g/mol. The Morgan fingerprint density at radius 2 is 1.83 bits per heavy atom. The Balaban J connectivity index is 1.79. The summed E-state index contributed by atoms with van der Waals surface area (Å²) in [4.78, 5) is 15.0. The standard InChI is InChI=1S/C24H28N4O/c1-3-13-27(2)15-12-26-23-10-9-22(16-21(23)18-25)28-14-11-20(17-24(28)29)19-7-5-4-6-8-19/h4-11,14,16-18,25-26H,3,12-13,15H2,1-2H3. The number of hydrogen-bond acceptors (Lipinski definition) is 4. The van der Waals surface area contributed by atoms with Crippen LogP contribution < -0.4 is 10.9 Å². The molecule has 5 nitrogen and oxygen atoms in total. The van der Waals surface area contributed by atoms with E-state index in [4.69, 9.17) is 5.41 Å². The molecular formula is C24H28N4O. The highest BCUT2D eigenvalue weighted by Gasteiger charge is 2.07. The van der Waals surface area contributed by atoms with Crippen LogP contribution in [0.15, 0.2) is 71.7 Å². The van der Waals surface area contributed by atoms with Crippen LogP contribution in [0.25, 0.3) is 16.8 Å². The summed E-state index contributed by atoms with van der Waals surface area (Å²) in [6.45, 7) is 4.99. The van der Waals surface area contributed by atoms with E-state index >= 15 is 0 Å². The SMILES string of the molecule is CCCN(C)CCNc1ccc(-n2ccc(-c3ccccc3)cc2=O)cc1C=N. The molecule has 0 saturated carbocycles. The van der Waals surface area contributed by atoms with Crippen molar-refractivity contribution in [3.05, 3.63) is 82.8 Å². The number of rotatable bonds is 9. The number of benzene rings is 2. The Morgan fingerprint density at radius 1 is 1.03 bits per heavy atom. The van der Waals surface area contributed by atoms with Gasteiger partial charge in [0.1, 0.15) is 0 Å². The van der Waals surface area contributed by atoms with Crippen LogP contribution >= 0.6 is 0 Å². The van der Waals surface area contributed by atoms with Gasteiger partial charge in [0.2, 0.25) is 0 Å². The van der Waals surface area contributed by atoms with E-state index in [1.165, 1.54) is 6.21 Å². The maximum Gasteiger partial charge on any atom is 0.255 e. The lowest BCUT2D eigenvalue weighted by atomic mass is 10.1. The van der Waals surface area contributed by atoms with Gasteiger partial charge in [-0.15, -0.1) is 0 Å². The number of likely N-dealkylation sites (N-methyl/N-ethyl adjacent to an activating group) is 1. The van der Waals surface area contributed by atoms with E-state index in [-0.39, 0.29) is 5.56 Å². The molecule has 0 aliphatic carbocycles. The Kier molecular flexibility index (Phi) is 6.98. The fourth-order valence-electron chi connectivity index (χ4n) is 3.36. The second-order valence-corrected chi connectivity index (χ2v) is 7.14. The van der Waals surface area contributed by atoms with Gasteiger partial charge in [0.05, 0.1) is 0 Å². The lowest BCUT2D eigenvalue weighted by molar-refractivity contribution is 0.348. The molecule has 2 aromatic carbocycles. The number of nitrogens with one attached hydrogen (secondary N) is 2. The first-order chi connectivity index (χ1) is 14.1. The lowest BCUT2D eigenvalue weighted by Crippen LogP contribution is -2.26. The molecule has 29 heavy (non-hydrogen) atoms.